The largest absolute Gasteiger partial charge is 0.433 e. The molecule has 0 aliphatic rings. The third-order valence-electron chi connectivity index (χ3n) is 2.51. The van der Waals surface area contributed by atoms with Gasteiger partial charge >= 0.3 is 6.18 Å². The summed E-state index contributed by atoms with van der Waals surface area (Å²) in [6, 6.07) is 0.512. The molecule has 0 bridgehead atoms. The molecule has 1 heterocycles. The number of aliphatic hydroxyl groups is 1. The van der Waals surface area contributed by atoms with Gasteiger partial charge in [-0.3, -0.25) is 0 Å². The molecule has 1 unspecified atom stereocenters. The Morgan fingerprint density at radius 3 is 2.50 bits per heavy atom. The van der Waals surface area contributed by atoms with Crippen molar-refractivity contribution in [1.82, 2.24) is 9.97 Å². The van der Waals surface area contributed by atoms with E-state index in [0.29, 0.717) is 0 Å². The summed E-state index contributed by atoms with van der Waals surface area (Å²) in [6.07, 6.45) is -4.54. The van der Waals surface area contributed by atoms with Gasteiger partial charge in [0.15, 0.2) is 5.69 Å². The molecule has 0 saturated heterocycles. The first-order valence-electron chi connectivity index (χ1n) is 5.27. The predicted molar refractivity (Wildman–Crippen MR) is 61.5 cm³/mol. The first kappa shape index (κ1) is 14.5. The van der Waals surface area contributed by atoms with E-state index in [1.165, 1.54) is 11.9 Å². The minimum Gasteiger partial charge on any atom is -0.394 e. The highest BCUT2D eigenvalue weighted by Gasteiger charge is 2.34. The van der Waals surface area contributed by atoms with Crippen LogP contribution in [0.3, 0.4) is 0 Å². The van der Waals surface area contributed by atoms with Crippen molar-refractivity contribution in [2.45, 2.75) is 19.1 Å². The fourth-order valence-corrected chi connectivity index (χ4v) is 1.22. The molecule has 1 aromatic heterocycles. The van der Waals surface area contributed by atoms with Gasteiger partial charge in [-0.25, -0.2) is 4.98 Å². The number of nitrogens with one attached hydrogen (secondary N) is 1. The Morgan fingerprint density at radius 2 is 2.06 bits per heavy atom. The van der Waals surface area contributed by atoms with Crippen LogP contribution in [-0.2, 0) is 6.18 Å². The molecule has 0 aliphatic carbocycles. The van der Waals surface area contributed by atoms with E-state index in [-0.39, 0.29) is 24.4 Å². The molecule has 0 aromatic carbocycles. The molecule has 0 radical (unpaired) electrons. The van der Waals surface area contributed by atoms with Gasteiger partial charge in [0.25, 0.3) is 0 Å². The molecule has 102 valence electrons. The maximum absolute atomic E-state index is 12.6. The molecule has 2 N–H and O–H groups in total. The van der Waals surface area contributed by atoms with E-state index in [9.17, 15) is 13.2 Å². The average Bonchev–Trinajstić information content (AvgIpc) is 2.35. The first-order chi connectivity index (χ1) is 8.29. The van der Waals surface area contributed by atoms with Gasteiger partial charge in [-0.1, -0.05) is 0 Å². The quantitative estimate of drug-likeness (QED) is 0.859. The lowest BCUT2D eigenvalue weighted by molar-refractivity contribution is -0.141. The Morgan fingerprint density at radius 1 is 1.44 bits per heavy atom. The molecule has 0 saturated carbocycles. The topological polar surface area (TPSA) is 61.3 Å². The van der Waals surface area contributed by atoms with Crippen LogP contribution in [-0.4, -0.2) is 41.8 Å². The van der Waals surface area contributed by atoms with Gasteiger partial charge in [0.05, 0.1) is 12.6 Å². The lowest BCUT2D eigenvalue weighted by atomic mass is 10.3. The molecule has 1 rings (SSSR count). The first-order valence-corrected chi connectivity index (χ1v) is 5.27. The average molecular weight is 264 g/mol. The molecule has 0 fully saturated rings. The van der Waals surface area contributed by atoms with Crippen molar-refractivity contribution >= 4 is 11.8 Å². The summed E-state index contributed by atoms with van der Waals surface area (Å²) < 4.78 is 37.9. The lowest BCUT2D eigenvalue weighted by Gasteiger charge is -2.25. The lowest BCUT2D eigenvalue weighted by Crippen LogP contribution is -2.33. The van der Waals surface area contributed by atoms with E-state index < -0.39 is 11.9 Å². The summed E-state index contributed by atoms with van der Waals surface area (Å²) in [4.78, 5) is 8.74. The van der Waals surface area contributed by atoms with E-state index in [0.717, 1.165) is 6.07 Å². The normalized spacial score (nSPS) is 13.3. The van der Waals surface area contributed by atoms with Crippen LogP contribution < -0.4 is 10.2 Å². The molecular weight excluding hydrogens is 249 g/mol. The van der Waals surface area contributed by atoms with Crippen molar-refractivity contribution in [1.29, 1.82) is 0 Å². The van der Waals surface area contributed by atoms with Gasteiger partial charge in [-0.2, -0.15) is 18.2 Å². The Labute approximate surface area is 103 Å². The van der Waals surface area contributed by atoms with Crippen molar-refractivity contribution in [3.05, 3.63) is 11.8 Å². The predicted octanol–water partition coefficient (Wildman–Crippen LogP) is 1.35. The van der Waals surface area contributed by atoms with Crippen LogP contribution in [0, 0.1) is 0 Å². The number of hydrogen-bond donors (Lipinski definition) is 2. The Hall–Kier alpha value is -1.57. The smallest absolute Gasteiger partial charge is 0.394 e. The number of aliphatic hydroxyl groups excluding tert-OH is 1. The number of alkyl halides is 3. The Kier molecular flexibility index (Phi) is 4.33. The molecule has 0 aliphatic heterocycles. The number of halogens is 3. The highest BCUT2D eigenvalue weighted by Crippen LogP contribution is 2.30. The highest BCUT2D eigenvalue weighted by atomic mass is 19.4. The summed E-state index contributed by atoms with van der Waals surface area (Å²) in [7, 11) is 3.00. The summed E-state index contributed by atoms with van der Waals surface area (Å²) in [6.45, 7) is 1.49. The molecule has 8 heteroatoms. The van der Waals surface area contributed by atoms with E-state index in [2.05, 4.69) is 15.3 Å². The minimum atomic E-state index is -4.54. The Balaban J connectivity index is 3.20. The van der Waals surface area contributed by atoms with Crippen molar-refractivity contribution in [3.63, 3.8) is 0 Å². The second-order valence-corrected chi connectivity index (χ2v) is 3.83. The SMILES string of the molecule is CNc1nc(N(C)C(C)CO)cc(C(F)(F)F)n1. The van der Waals surface area contributed by atoms with Crippen LogP contribution in [0.5, 0.6) is 0 Å². The number of aromatic nitrogens is 2. The second-order valence-electron chi connectivity index (χ2n) is 3.83. The van der Waals surface area contributed by atoms with Crippen LogP contribution in [0.25, 0.3) is 0 Å². The molecule has 18 heavy (non-hydrogen) atoms. The molecule has 5 nitrogen and oxygen atoms in total. The van der Waals surface area contributed by atoms with Crippen LogP contribution in [0.2, 0.25) is 0 Å². The maximum Gasteiger partial charge on any atom is 0.433 e. The highest BCUT2D eigenvalue weighted by molar-refractivity contribution is 5.45. The van der Waals surface area contributed by atoms with Crippen molar-refractivity contribution in [3.8, 4) is 0 Å². The van der Waals surface area contributed by atoms with Crippen molar-refractivity contribution in [2.24, 2.45) is 0 Å². The Bertz CT molecular complexity index is 411. The van der Waals surface area contributed by atoms with E-state index >= 15 is 0 Å². The number of nitrogens with zero attached hydrogens (tertiary/aromatic N) is 3. The molecule has 0 spiro atoms. The van der Waals surface area contributed by atoms with Gasteiger partial charge in [-0.15, -0.1) is 0 Å². The summed E-state index contributed by atoms with van der Waals surface area (Å²) in [5.41, 5.74) is -1.02. The molecule has 0 amide bonds. The van der Waals surface area contributed by atoms with Gasteiger partial charge in [0.1, 0.15) is 5.82 Å². The van der Waals surface area contributed by atoms with Crippen molar-refractivity contribution < 1.29 is 18.3 Å². The number of anilines is 2. The monoisotopic (exact) mass is 264 g/mol. The third-order valence-corrected chi connectivity index (χ3v) is 2.51. The molecule has 1 atom stereocenters. The van der Waals surface area contributed by atoms with Gasteiger partial charge in [-0.05, 0) is 6.92 Å². The van der Waals surface area contributed by atoms with Gasteiger partial charge < -0.3 is 15.3 Å². The van der Waals surface area contributed by atoms with Crippen LogP contribution in [0.1, 0.15) is 12.6 Å². The number of likely N-dealkylation sites (N-methyl/N-ethyl adjacent to an activating group) is 1. The summed E-state index contributed by atoms with van der Waals surface area (Å²) in [5, 5.41) is 11.5. The third kappa shape index (κ3) is 3.22. The zero-order valence-corrected chi connectivity index (χ0v) is 10.3. The zero-order chi connectivity index (χ0) is 13.9. The van der Waals surface area contributed by atoms with E-state index in [1.807, 2.05) is 0 Å². The number of hydrogen-bond acceptors (Lipinski definition) is 5. The van der Waals surface area contributed by atoms with E-state index in [4.69, 9.17) is 5.11 Å². The van der Waals surface area contributed by atoms with Crippen LogP contribution >= 0.6 is 0 Å². The standard InChI is InChI=1S/C10H15F3N4O/c1-6(5-18)17(3)8-4-7(10(11,12)13)15-9(14-2)16-8/h4,6,18H,5H2,1-3H3,(H,14,15,16). The van der Waals surface area contributed by atoms with Gasteiger partial charge in [0.2, 0.25) is 5.95 Å². The molecular formula is C10H15F3N4O. The van der Waals surface area contributed by atoms with Crippen LogP contribution in [0.4, 0.5) is 24.9 Å². The second kappa shape index (κ2) is 5.38. The van der Waals surface area contributed by atoms with Crippen LogP contribution in [0.15, 0.2) is 6.07 Å². The van der Waals surface area contributed by atoms with Gasteiger partial charge in [0, 0.05) is 20.2 Å². The van der Waals surface area contributed by atoms with Crippen molar-refractivity contribution in [2.75, 3.05) is 30.9 Å². The number of rotatable bonds is 4. The zero-order valence-electron chi connectivity index (χ0n) is 10.3. The summed E-state index contributed by atoms with van der Waals surface area (Å²) in [5.74, 6) is -0.0139. The fourth-order valence-electron chi connectivity index (χ4n) is 1.22. The van der Waals surface area contributed by atoms with E-state index in [1.54, 1.807) is 14.0 Å². The maximum atomic E-state index is 12.6. The minimum absolute atomic E-state index is 0.100. The molecule has 1 aromatic rings. The fraction of sp³-hybridized carbons (Fsp3) is 0.600. The summed E-state index contributed by atoms with van der Waals surface area (Å²) >= 11 is 0.